The van der Waals surface area contributed by atoms with Crippen LogP contribution in [0.25, 0.3) is 0 Å². The van der Waals surface area contributed by atoms with Gasteiger partial charge in [0.15, 0.2) is 0 Å². The molecule has 0 fully saturated rings. The molecule has 0 saturated carbocycles. The quantitative estimate of drug-likeness (QED) is 0.430. The summed E-state index contributed by atoms with van der Waals surface area (Å²) < 4.78 is 4.96. The summed E-state index contributed by atoms with van der Waals surface area (Å²) in [5.41, 5.74) is 6.77. The minimum atomic E-state index is 0.534. The lowest BCUT2D eigenvalue weighted by Crippen LogP contribution is -1.88. The number of hydrogen-bond donors (Lipinski definition) is 1. The van der Waals surface area contributed by atoms with Crippen LogP contribution in [-0.2, 0) is 0 Å². The van der Waals surface area contributed by atoms with Gasteiger partial charge in [-0.1, -0.05) is 0 Å². The van der Waals surface area contributed by atoms with Gasteiger partial charge in [0.1, 0.15) is 5.75 Å². The van der Waals surface area contributed by atoms with Crippen molar-refractivity contribution in [2.24, 2.45) is 4.99 Å². The highest BCUT2D eigenvalue weighted by Crippen LogP contribution is 2.25. The zero-order valence-corrected chi connectivity index (χ0v) is 7.39. The maximum absolute atomic E-state index is 5.62. The van der Waals surface area contributed by atoms with Gasteiger partial charge in [-0.15, -0.1) is 0 Å². The number of rotatable bonds is 2. The van der Waals surface area contributed by atoms with Crippen molar-refractivity contribution in [2.45, 2.75) is 0 Å². The number of hydrogen-bond acceptors (Lipinski definition) is 4. The fraction of sp³-hybridized carbons (Fsp3) is 0.125. The molecule has 1 aromatic carbocycles. The van der Waals surface area contributed by atoms with Gasteiger partial charge in [0.2, 0.25) is 0 Å². The zero-order valence-electron chi connectivity index (χ0n) is 6.57. The Bertz CT molecular complexity index is 332. The van der Waals surface area contributed by atoms with Crippen molar-refractivity contribution in [3.05, 3.63) is 18.2 Å². The molecule has 0 radical (unpaired) electrons. The predicted octanol–water partition coefficient (Wildman–Crippen LogP) is 2.01. The molecule has 0 aliphatic rings. The minimum Gasteiger partial charge on any atom is -0.497 e. The smallest absolute Gasteiger partial charge is 0.121 e. The van der Waals surface area contributed by atoms with Crippen molar-refractivity contribution in [1.29, 1.82) is 0 Å². The van der Waals surface area contributed by atoms with Gasteiger partial charge in [-0.25, -0.2) is 0 Å². The van der Waals surface area contributed by atoms with Crippen molar-refractivity contribution in [3.63, 3.8) is 0 Å². The summed E-state index contributed by atoms with van der Waals surface area (Å²) >= 11 is 4.45. The Hall–Kier alpha value is -1.38. The summed E-state index contributed by atoms with van der Waals surface area (Å²) in [7, 11) is 1.58. The van der Waals surface area contributed by atoms with Crippen molar-refractivity contribution in [1.82, 2.24) is 0 Å². The van der Waals surface area contributed by atoms with E-state index in [0.29, 0.717) is 17.1 Å². The van der Waals surface area contributed by atoms with Gasteiger partial charge < -0.3 is 10.5 Å². The van der Waals surface area contributed by atoms with Gasteiger partial charge in [-0.3, -0.25) is 0 Å². The topological polar surface area (TPSA) is 47.6 Å². The molecule has 0 unspecified atom stereocenters. The van der Waals surface area contributed by atoms with Crippen LogP contribution in [0.4, 0.5) is 11.4 Å². The molecule has 4 heteroatoms. The molecule has 0 heterocycles. The highest BCUT2D eigenvalue weighted by Gasteiger charge is 1.97. The van der Waals surface area contributed by atoms with Crippen LogP contribution < -0.4 is 10.5 Å². The molecule has 1 rings (SSSR count). The first-order valence-corrected chi connectivity index (χ1v) is 3.70. The molecule has 2 N–H and O–H groups in total. The van der Waals surface area contributed by atoms with Crippen molar-refractivity contribution < 1.29 is 4.74 Å². The Morgan fingerprint density at radius 2 is 2.33 bits per heavy atom. The third-order valence-electron chi connectivity index (χ3n) is 1.40. The number of thiocarbonyl (C=S) groups is 1. The van der Waals surface area contributed by atoms with Crippen LogP contribution in [0.5, 0.6) is 5.75 Å². The maximum atomic E-state index is 5.62. The second-order valence-electron chi connectivity index (χ2n) is 2.13. The molecule has 0 saturated heterocycles. The molecule has 1 aromatic rings. The number of nitrogens with zero attached hydrogens (tertiary/aromatic N) is 1. The monoisotopic (exact) mass is 180 g/mol. The van der Waals surface area contributed by atoms with E-state index in [1.165, 1.54) is 0 Å². The second-order valence-corrected chi connectivity index (χ2v) is 2.31. The minimum absolute atomic E-state index is 0.534. The molecule has 62 valence electrons. The van der Waals surface area contributed by atoms with Gasteiger partial charge in [-0.05, 0) is 24.4 Å². The van der Waals surface area contributed by atoms with Crippen LogP contribution in [0.1, 0.15) is 0 Å². The van der Waals surface area contributed by atoms with E-state index in [1.54, 1.807) is 25.3 Å². The summed E-state index contributed by atoms with van der Waals surface area (Å²) in [6, 6.07) is 5.18. The van der Waals surface area contributed by atoms with Crippen molar-refractivity contribution in [2.75, 3.05) is 12.8 Å². The Labute approximate surface area is 75.9 Å². The first-order chi connectivity index (χ1) is 5.77. The molecule has 12 heavy (non-hydrogen) atoms. The number of benzene rings is 1. The van der Waals surface area contributed by atoms with Gasteiger partial charge in [-0.2, -0.15) is 4.99 Å². The molecule has 0 aliphatic carbocycles. The molecule has 0 atom stereocenters. The summed E-state index contributed by atoms with van der Waals surface area (Å²) in [5, 5.41) is 2.25. The SMILES string of the molecule is COc1ccc(N=C=S)c(N)c1. The zero-order chi connectivity index (χ0) is 8.97. The first kappa shape index (κ1) is 8.71. The average molecular weight is 180 g/mol. The molecule has 0 amide bonds. The summed E-state index contributed by atoms with van der Waals surface area (Å²) in [6.07, 6.45) is 0. The summed E-state index contributed by atoms with van der Waals surface area (Å²) in [6.45, 7) is 0. The molecular formula is C8H8N2OS. The van der Waals surface area contributed by atoms with E-state index in [0.717, 1.165) is 0 Å². The van der Waals surface area contributed by atoms with Crippen LogP contribution in [0, 0.1) is 0 Å². The number of aliphatic imine (C=N–C) groups is 1. The number of anilines is 1. The first-order valence-electron chi connectivity index (χ1n) is 3.29. The van der Waals surface area contributed by atoms with Crippen LogP contribution in [0.3, 0.4) is 0 Å². The standard InChI is InChI=1S/C8H8N2OS/c1-11-6-2-3-8(10-5-12)7(9)4-6/h2-4H,9H2,1H3. The summed E-state index contributed by atoms with van der Waals surface area (Å²) in [4.78, 5) is 3.77. The van der Waals surface area contributed by atoms with E-state index < -0.39 is 0 Å². The molecular weight excluding hydrogens is 172 g/mol. The Kier molecular flexibility index (Phi) is 2.80. The van der Waals surface area contributed by atoms with E-state index in [4.69, 9.17) is 10.5 Å². The van der Waals surface area contributed by atoms with Crippen LogP contribution in [0.2, 0.25) is 0 Å². The summed E-state index contributed by atoms with van der Waals surface area (Å²) in [5.74, 6) is 0.704. The Morgan fingerprint density at radius 1 is 1.58 bits per heavy atom. The van der Waals surface area contributed by atoms with Gasteiger partial charge in [0.05, 0.1) is 23.6 Å². The largest absolute Gasteiger partial charge is 0.497 e. The lowest BCUT2D eigenvalue weighted by atomic mass is 10.2. The molecule has 0 aromatic heterocycles. The highest BCUT2D eigenvalue weighted by atomic mass is 32.1. The molecule has 0 aliphatic heterocycles. The van der Waals surface area contributed by atoms with Gasteiger partial charge in [0.25, 0.3) is 0 Å². The van der Waals surface area contributed by atoms with Crippen molar-refractivity contribution in [3.8, 4) is 5.75 Å². The van der Waals surface area contributed by atoms with E-state index >= 15 is 0 Å². The van der Waals surface area contributed by atoms with Crippen LogP contribution >= 0.6 is 12.2 Å². The lowest BCUT2D eigenvalue weighted by molar-refractivity contribution is 0.415. The normalized spacial score (nSPS) is 8.75. The number of nitrogen functional groups attached to an aromatic ring is 1. The Morgan fingerprint density at radius 3 is 2.83 bits per heavy atom. The fourth-order valence-electron chi connectivity index (χ4n) is 0.811. The molecule has 0 spiro atoms. The average Bonchev–Trinajstić information content (AvgIpc) is 2.09. The van der Waals surface area contributed by atoms with Crippen LogP contribution in [-0.4, -0.2) is 12.3 Å². The van der Waals surface area contributed by atoms with Gasteiger partial charge >= 0.3 is 0 Å². The third-order valence-corrected chi connectivity index (χ3v) is 1.49. The van der Waals surface area contributed by atoms with E-state index in [-0.39, 0.29) is 0 Å². The van der Waals surface area contributed by atoms with Crippen molar-refractivity contribution >= 4 is 28.8 Å². The maximum Gasteiger partial charge on any atom is 0.121 e. The van der Waals surface area contributed by atoms with E-state index in [9.17, 15) is 0 Å². The third kappa shape index (κ3) is 1.81. The number of ether oxygens (including phenoxy) is 1. The number of isothiocyanates is 1. The van der Waals surface area contributed by atoms with Gasteiger partial charge in [0, 0.05) is 6.07 Å². The fourth-order valence-corrected chi connectivity index (χ4v) is 0.909. The molecule has 0 bridgehead atoms. The highest BCUT2D eigenvalue weighted by molar-refractivity contribution is 7.78. The molecule has 3 nitrogen and oxygen atoms in total. The predicted molar refractivity (Wildman–Crippen MR) is 52.1 cm³/mol. The Balaban J connectivity index is 3.11. The van der Waals surface area contributed by atoms with Crippen LogP contribution in [0.15, 0.2) is 23.2 Å². The van der Waals surface area contributed by atoms with E-state index in [1.807, 2.05) is 0 Å². The van der Waals surface area contributed by atoms with E-state index in [2.05, 4.69) is 22.4 Å². The number of nitrogens with two attached hydrogens (primary N) is 1. The second kappa shape index (κ2) is 3.85. The number of methoxy groups -OCH3 is 1. The lowest BCUT2D eigenvalue weighted by Gasteiger charge is -2.01.